The number of amides is 1. The van der Waals surface area contributed by atoms with Crippen LogP contribution in [0, 0.1) is 15.5 Å². The number of anilines is 1. The molecule has 0 radical (unpaired) electrons. The Hall–Kier alpha value is -5.37. The summed E-state index contributed by atoms with van der Waals surface area (Å²) >= 11 is 6.23. The maximum atomic E-state index is 13.9. The van der Waals surface area contributed by atoms with Crippen molar-refractivity contribution >= 4 is 65.3 Å². The lowest BCUT2D eigenvalue weighted by Gasteiger charge is -2.39. The molecule has 7 rings (SSSR count). The third-order valence-electron chi connectivity index (χ3n) is 11.3. The highest BCUT2D eigenvalue weighted by Gasteiger charge is 2.32. The van der Waals surface area contributed by atoms with Crippen molar-refractivity contribution < 1.29 is 40.8 Å². The summed E-state index contributed by atoms with van der Waals surface area (Å²) in [6.07, 6.45) is 6.32. The number of sulfone groups is 1. The third-order valence-corrected chi connectivity index (χ3v) is 14.6. The van der Waals surface area contributed by atoms with Gasteiger partial charge in [0.1, 0.15) is 22.0 Å². The summed E-state index contributed by atoms with van der Waals surface area (Å²) in [4.78, 5) is 35.6. The molecule has 16 nitrogen and oxygen atoms in total. The summed E-state index contributed by atoms with van der Waals surface area (Å²) in [6.45, 7) is 8.46. The Morgan fingerprint density at radius 2 is 1.73 bits per heavy atom. The molecular formula is C44H49ClN6O10S2. The number of carbonyl (C=O) groups excluding carboxylic acids is 1. The number of carbonyl (C=O) groups is 1. The lowest BCUT2D eigenvalue weighted by Crippen LogP contribution is -2.47. The molecule has 0 bridgehead atoms. The lowest BCUT2D eigenvalue weighted by atomic mass is 9.72. The van der Waals surface area contributed by atoms with Gasteiger partial charge >= 0.3 is 0 Å². The predicted molar refractivity (Wildman–Crippen MR) is 240 cm³/mol. The molecule has 3 aromatic carbocycles. The zero-order valence-electron chi connectivity index (χ0n) is 35.1. The van der Waals surface area contributed by atoms with Crippen LogP contribution in [0.15, 0.2) is 101 Å². The highest BCUT2D eigenvalue weighted by Crippen LogP contribution is 2.43. The molecule has 0 saturated carbocycles. The molecule has 0 atom stereocenters. The van der Waals surface area contributed by atoms with E-state index in [-0.39, 0.29) is 42.3 Å². The molecule has 1 amide bonds. The van der Waals surface area contributed by atoms with Crippen molar-refractivity contribution in [1.82, 2.24) is 19.6 Å². The Morgan fingerprint density at radius 1 is 0.968 bits per heavy atom. The fraction of sp³-hybridized carbons (Fsp3) is 0.364. The molecule has 3 heterocycles. The summed E-state index contributed by atoms with van der Waals surface area (Å²) < 4.78 is 71.6. The van der Waals surface area contributed by atoms with Gasteiger partial charge in [0.05, 0.1) is 47.2 Å². The Morgan fingerprint density at radius 3 is 2.46 bits per heavy atom. The third kappa shape index (κ3) is 11.1. The topological polar surface area (TPSA) is 203 Å². The average Bonchev–Trinajstić information content (AvgIpc) is 3.72. The Balaban J connectivity index is 1.11. The van der Waals surface area contributed by atoms with E-state index in [4.69, 9.17) is 25.8 Å². The molecule has 334 valence electrons. The number of pyridine rings is 1. The van der Waals surface area contributed by atoms with Gasteiger partial charge in [-0.15, -0.1) is 0 Å². The molecule has 2 N–H and O–H groups in total. The van der Waals surface area contributed by atoms with E-state index in [1.807, 2.05) is 16.9 Å². The SMILES string of the molecule is COCCOCCS(=O)(=O)c1ccc(S(=O)(=O)NC(=O)c2ccc(N3CCN(CC4=C(c5ccc(Cl)cc5)CC(C)(C)CC4)CC3)cc2Oc2cnc3[nH]ccc3c2)cc1[N+](=O)[O-]. The quantitative estimate of drug-likeness (QED) is 0.0537. The van der Waals surface area contributed by atoms with Gasteiger partial charge in [0.2, 0.25) is 0 Å². The lowest BCUT2D eigenvalue weighted by molar-refractivity contribution is -0.388. The number of halogens is 1. The van der Waals surface area contributed by atoms with Crippen LogP contribution in [0.25, 0.3) is 16.6 Å². The summed E-state index contributed by atoms with van der Waals surface area (Å²) in [5.41, 5.74) is 4.49. The fourth-order valence-corrected chi connectivity index (χ4v) is 10.2. The van der Waals surface area contributed by atoms with Gasteiger partial charge in [-0.2, -0.15) is 0 Å². The molecule has 0 spiro atoms. The number of sulfonamides is 1. The van der Waals surface area contributed by atoms with Crippen LogP contribution in [-0.4, -0.2) is 108 Å². The van der Waals surface area contributed by atoms with Gasteiger partial charge in [0.25, 0.3) is 21.6 Å². The van der Waals surface area contributed by atoms with E-state index >= 15 is 0 Å². The number of hydrogen-bond donors (Lipinski definition) is 2. The molecule has 2 aromatic heterocycles. The number of nitro benzene ring substituents is 1. The standard InChI is InChI=1S/C44H49ClN6O10S2/c1-44(2)14-12-32(38(27-44)30-4-6-33(45)7-5-30)29-49-16-18-50(19-17-49)34-8-10-37(40(25-34)61-35-24-31-13-15-46-42(31)47-28-35)43(52)48-63(57,58)36-9-11-41(39(26-36)51(53)54)62(55,56)23-22-60-21-20-59-3/h4-11,13,15,24-26,28H,12,14,16-23,27,29H2,1-3H3,(H,46,47)(H,48,52). The van der Waals surface area contributed by atoms with E-state index in [1.165, 1.54) is 36.1 Å². The monoisotopic (exact) mass is 920 g/mol. The van der Waals surface area contributed by atoms with Crippen molar-refractivity contribution in [3.8, 4) is 11.5 Å². The van der Waals surface area contributed by atoms with E-state index < -0.39 is 51.9 Å². The highest BCUT2D eigenvalue weighted by atomic mass is 35.5. The molecule has 1 fully saturated rings. The van der Waals surface area contributed by atoms with Crippen LogP contribution in [0.5, 0.6) is 11.5 Å². The smallest absolute Gasteiger partial charge is 0.289 e. The molecule has 1 aliphatic carbocycles. The summed E-state index contributed by atoms with van der Waals surface area (Å²) in [6, 6.07) is 18.8. The number of aromatic nitrogens is 2. The molecule has 5 aromatic rings. The van der Waals surface area contributed by atoms with Crippen molar-refractivity contribution in [3.63, 3.8) is 0 Å². The number of fused-ring (bicyclic) bond motifs is 1. The van der Waals surface area contributed by atoms with Crippen LogP contribution in [-0.2, 0) is 29.3 Å². The average molecular weight is 921 g/mol. The molecule has 1 aliphatic heterocycles. The zero-order chi connectivity index (χ0) is 44.9. The van der Waals surface area contributed by atoms with E-state index in [0.29, 0.717) is 29.8 Å². The largest absolute Gasteiger partial charge is 0.455 e. The number of ether oxygens (including phenoxy) is 3. The van der Waals surface area contributed by atoms with Crippen molar-refractivity contribution in [2.75, 3.05) is 70.3 Å². The van der Waals surface area contributed by atoms with Crippen molar-refractivity contribution in [1.29, 1.82) is 0 Å². The number of hydrogen-bond acceptors (Lipinski definition) is 13. The zero-order valence-corrected chi connectivity index (χ0v) is 37.5. The first kappa shape index (κ1) is 45.6. The first-order valence-electron chi connectivity index (χ1n) is 20.4. The molecule has 1 saturated heterocycles. The number of methoxy groups -OCH3 is 1. The van der Waals surface area contributed by atoms with Crippen molar-refractivity contribution in [2.45, 2.75) is 42.9 Å². The molecule has 19 heteroatoms. The van der Waals surface area contributed by atoms with E-state index in [2.05, 4.69) is 45.7 Å². The van der Waals surface area contributed by atoms with Gasteiger partial charge in [-0.25, -0.2) is 26.5 Å². The van der Waals surface area contributed by atoms with E-state index in [1.54, 1.807) is 30.5 Å². The number of nitrogens with zero attached hydrogens (tertiary/aromatic N) is 4. The minimum absolute atomic E-state index is 0.0436. The molecule has 63 heavy (non-hydrogen) atoms. The predicted octanol–water partition coefficient (Wildman–Crippen LogP) is 7.26. The number of aromatic amines is 1. The fourth-order valence-electron chi connectivity index (χ4n) is 7.81. The number of piperazine rings is 1. The molecule has 0 unspecified atom stereocenters. The van der Waals surface area contributed by atoms with Crippen LogP contribution in [0.3, 0.4) is 0 Å². The highest BCUT2D eigenvalue weighted by molar-refractivity contribution is 7.91. The van der Waals surface area contributed by atoms with Crippen LogP contribution < -0.4 is 14.4 Å². The molecular weight excluding hydrogens is 872 g/mol. The first-order valence-corrected chi connectivity index (χ1v) is 23.9. The van der Waals surface area contributed by atoms with Gasteiger partial charge in [0, 0.05) is 74.3 Å². The molecule has 2 aliphatic rings. The summed E-state index contributed by atoms with van der Waals surface area (Å²) in [7, 11) is -7.59. The number of nitrogens with one attached hydrogen (secondary N) is 2. The number of rotatable bonds is 17. The van der Waals surface area contributed by atoms with E-state index in [9.17, 15) is 31.7 Å². The second-order valence-electron chi connectivity index (χ2n) is 16.3. The number of allylic oxidation sites excluding steroid dienone is 1. The Bertz CT molecular complexity index is 2750. The van der Waals surface area contributed by atoms with Crippen LogP contribution in [0.4, 0.5) is 11.4 Å². The second-order valence-corrected chi connectivity index (χ2v) is 20.5. The van der Waals surface area contributed by atoms with Gasteiger partial charge < -0.3 is 24.1 Å². The first-order chi connectivity index (χ1) is 30.0. The number of benzene rings is 3. The Labute approximate surface area is 371 Å². The van der Waals surface area contributed by atoms with E-state index in [0.717, 1.165) is 62.1 Å². The Kier molecular flexibility index (Phi) is 13.9. The van der Waals surface area contributed by atoms with Crippen LogP contribution in [0.2, 0.25) is 5.02 Å². The summed E-state index contributed by atoms with van der Waals surface area (Å²) in [5.74, 6) is -1.34. The van der Waals surface area contributed by atoms with Gasteiger partial charge in [-0.1, -0.05) is 43.2 Å². The summed E-state index contributed by atoms with van der Waals surface area (Å²) in [5, 5.41) is 13.5. The van der Waals surface area contributed by atoms with Crippen molar-refractivity contribution in [2.24, 2.45) is 5.41 Å². The van der Waals surface area contributed by atoms with Crippen molar-refractivity contribution in [3.05, 3.63) is 117 Å². The second kappa shape index (κ2) is 19.2. The maximum Gasteiger partial charge on any atom is 0.289 e. The minimum Gasteiger partial charge on any atom is -0.455 e. The number of nitro groups is 1. The normalized spacial score (nSPS) is 16.0. The van der Waals surface area contributed by atoms with Gasteiger partial charge in [-0.3, -0.25) is 19.8 Å². The van der Waals surface area contributed by atoms with Gasteiger partial charge in [-0.05, 0) is 84.3 Å². The van der Waals surface area contributed by atoms with Gasteiger partial charge in [0.15, 0.2) is 9.84 Å². The maximum absolute atomic E-state index is 13.9. The van der Waals surface area contributed by atoms with Crippen LogP contribution >= 0.6 is 11.6 Å². The minimum atomic E-state index is -4.78. The number of H-pyrrole nitrogens is 1. The van der Waals surface area contributed by atoms with Crippen LogP contribution in [0.1, 0.15) is 49.0 Å².